The molecular formula is C10H18N4O2S. The second kappa shape index (κ2) is 5.16. The van der Waals surface area contributed by atoms with Gasteiger partial charge in [-0.3, -0.25) is 0 Å². The maximum atomic E-state index is 12.1. The molecule has 1 fully saturated rings. The van der Waals surface area contributed by atoms with Crippen LogP contribution in [0.15, 0.2) is 17.6 Å². The molecule has 1 aliphatic heterocycles. The number of rotatable bonds is 4. The van der Waals surface area contributed by atoms with E-state index in [0.717, 1.165) is 19.3 Å². The van der Waals surface area contributed by atoms with Crippen LogP contribution >= 0.6 is 0 Å². The van der Waals surface area contributed by atoms with Crippen molar-refractivity contribution < 1.29 is 8.42 Å². The smallest absolute Gasteiger partial charge is 0.260 e. The molecule has 0 saturated carbocycles. The van der Waals surface area contributed by atoms with Crippen LogP contribution in [0.1, 0.15) is 19.3 Å². The van der Waals surface area contributed by atoms with Gasteiger partial charge in [0.2, 0.25) is 0 Å². The highest BCUT2D eigenvalue weighted by atomic mass is 32.2. The minimum atomic E-state index is -3.37. The highest BCUT2D eigenvalue weighted by Crippen LogP contribution is 2.24. The summed E-state index contributed by atoms with van der Waals surface area (Å²) in [6, 6.07) is 0. The summed E-state index contributed by atoms with van der Waals surface area (Å²) in [6.07, 6.45) is 5.50. The second-order valence-electron chi connectivity index (χ2n) is 4.34. The largest absolute Gasteiger partial charge is 0.335 e. The normalized spacial score (nSPS) is 19.6. The quantitative estimate of drug-likeness (QED) is 0.804. The highest BCUT2D eigenvalue weighted by molar-refractivity contribution is 7.89. The van der Waals surface area contributed by atoms with Crippen molar-refractivity contribution in [1.29, 1.82) is 0 Å². The van der Waals surface area contributed by atoms with Crippen LogP contribution in [0.3, 0.4) is 0 Å². The van der Waals surface area contributed by atoms with Crippen LogP contribution in [0.25, 0.3) is 0 Å². The summed E-state index contributed by atoms with van der Waals surface area (Å²) in [5.41, 5.74) is 5.51. The van der Waals surface area contributed by atoms with E-state index in [9.17, 15) is 8.42 Å². The standard InChI is InChI=1S/C10H18N4O2S/c11-4-1-9-2-5-14(6-3-9)17(15,16)10-7-12-8-13-10/h7-9H,1-6,11H2,(H,12,13). The molecule has 0 amide bonds. The summed E-state index contributed by atoms with van der Waals surface area (Å²) in [6.45, 7) is 1.83. The number of imidazole rings is 1. The third-order valence-corrected chi connectivity index (χ3v) is 5.06. The van der Waals surface area contributed by atoms with Gasteiger partial charge in [-0.25, -0.2) is 13.4 Å². The molecule has 0 atom stereocenters. The number of nitrogens with two attached hydrogens (primary N) is 1. The maximum Gasteiger partial charge on any atom is 0.260 e. The second-order valence-corrected chi connectivity index (χ2v) is 6.25. The van der Waals surface area contributed by atoms with Gasteiger partial charge in [0.25, 0.3) is 10.0 Å². The molecule has 0 spiro atoms. The van der Waals surface area contributed by atoms with Gasteiger partial charge in [-0.15, -0.1) is 0 Å². The van der Waals surface area contributed by atoms with E-state index in [1.807, 2.05) is 0 Å². The van der Waals surface area contributed by atoms with Gasteiger partial charge in [0.05, 0.1) is 12.5 Å². The molecule has 1 saturated heterocycles. The third kappa shape index (κ3) is 2.67. The zero-order valence-electron chi connectivity index (χ0n) is 9.67. The molecule has 1 aromatic heterocycles. The Morgan fingerprint density at radius 1 is 1.47 bits per heavy atom. The number of piperidine rings is 1. The Morgan fingerprint density at radius 3 is 2.71 bits per heavy atom. The Morgan fingerprint density at radius 2 is 2.18 bits per heavy atom. The number of aromatic amines is 1. The van der Waals surface area contributed by atoms with E-state index in [4.69, 9.17) is 5.73 Å². The van der Waals surface area contributed by atoms with Crippen LogP contribution in [-0.2, 0) is 10.0 Å². The predicted octanol–water partition coefficient (Wildman–Crippen LogP) is 0.159. The predicted molar refractivity (Wildman–Crippen MR) is 63.7 cm³/mol. The number of aromatic nitrogens is 2. The van der Waals surface area contributed by atoms with Crippen LogP contribution < -0.4 is 5.73 Å². The monoisotopic (exact) mass is 258 g/mol. The summed E-state index contributed by atoms with van der Waals surface area (Å²) >= 11 is 0. The fraction of sp³-hybridized carbons (Fsp3) is 0.700. The summed E-state index contributed by atoms with van der Waals surface area (Å²) < 4.78 is 25.8. The van der Waals surface area contributed by atoms with E-state index in [0.29, 0.717) is 25.6 Å². The molecule has 0 unspecified atom stereocenters. The number of nitrogens with one attached hydrogen (secondary N) is 1. The SMILES string of the molecule is NCCC1CCN(S(=O)(=O)c2cnc[nH]2)CC1. The molecule has 0 radical (unpaired) electrons. The van der Waals surface area contributed by atoms with E-state index in [1.165, 1.54) is 16.8 Å². The lowest BCUT2D eigenvalue weighted by Gasteiger charge is -2.30. The van der Waals surface area contributed by atoms with Crippen molar-refractivity contribution in [2.45, 2.75) is 24.3 Å². The lowest BCUT2D eigenvalue weighted by Crippen LogP contribution is -2.38. The molecule has 2 heterocycles. The molecule has 7 heteroatoms. The summed E-state index contributed by atoms with van der Waals surface area (Å²) in [4.78, 5) is 6.40. The van der Waals surface area contributed by atoms with Crippen LogP contribution in [0.5, 0.6) is 0 Å². The Hall–Kier alpha value is -0.920. The molecule has 0 aliphatic carbocycles. The average molecular weight is 258 g/mol. The van der Waals surface area contributed by atoms with Gasteiger partial charge in [0.15, 0.2) is 5.03 Å². The number of sulfonamides is 1. The summed E-state index contributed by atoms with van der Waals surface area (Å²) in [5.74, 6) is 0.563. The van der Waals surface area contributed by atoms with Gasteiger partial charge in [-0.05, 0) is 31.7 Å². The first-order chi connectivity index (χ1) is 8.14. The van der Waals surface area contributed by atoms with Crippen molar-refractivity contribution in [1.82, 2.24) is 14.3 Å². The van der Waals surface area contributed by atoms with Gasteiger partial charge in [-0.2, -0.15) is 4.31 Å². The first-order valence-corrected chi connectivity index (χ1v) is 7.27. The zero-order chi connectivity index (χ0) is 12.3. The molecule has 1 aromatic rings. The lowest BCUT2D eigenvalue weighted by atomic mass is 9.95. The van der Waals surface area contributed by atoms with Crippen molar-refractivity contribution in [2.75, 3.05) is 19.6 Å². The van der Waals surface area contributed by atoms with E-state index < -0.39 is 10.0 Å². The first kappa shape index (κ1) is 12.5. The van der Waals surface area contributed by atoms with Crippen LogP contribution in [0.2, 0.25) is 0 Å². The molecule has 0 bridgehead atoms. The molecule has 2 rings (SSSR count). The van der Waals surface area contributed by atoms with E-state index in [1.54, 1.807) is 0 Å². The minimum Gasteiger partial charge on any atom is -0.335 e. The Balaban J connectivity index is 2.01. The molecule has 6 nitrogen and oxygen atoms in total. The molecule has 96 valence electrons. The Kier molecular flexibility index (Phi) is 3.80. The lowest BCUT2D eigenvalue weighted by molar-refractivity contribution is 0.265. The minimum absolute atomic E-state index is 0.176. The van der Waals surface area contributed by atoms with Crippen molar-refractivity contribution in [2.24, 2.45) is 11.7 Å². The average Bonchev–Trinajstić information content (AvgIpc) is 2.84. The number of H-pyrrole nitrogens is 1. The van der Waals surface area contributed by atoms with Crippen molar-refractivity contribution in [3.05, 3.63) is 12.5 Å². The van der Waals surface area contributed by atoms with Gasteiger partial charge >= 0.3 is 0 Å². The molecule has 1 aliphatic rings. The van der Waals surface area contributed by atoms with Crippen molar-refractivity contribution in [3.63, 3.8) is 0 Å². The highest BCUT2D eigenvalue weighted by Gasteiger charge is 2.29. The number of nitrogens with zero attached hydrogens (tertiary/aromatic N) is 2. The summed E-state index contributed by atoms with van der Waals surface area (Å²) in [5, 5.41) is 0.176. The van der Waals surface area contributed by atoms with Crippen LogP contribution in [0.4, 0.5) is 0 Å². The Bertz CT molecular complexity index is 435. The van der Waals surface area contributed by atoms with Gasteiger partial charge in [0, 0.05) is 13.1 Å². The molecule has 17 heavy (non-hydrogen) atoms. The first-order valence-electron chi connectivity index (χ1n) is 5.83. The fourth-order valence-corrected chi connectivity index (χ4v) is 3.56. The molecular weight excluding hydrogens is 240 g/mol. The van der Waals surface area contributed by atoms with Crippen molar-refractivity contribution >= 4 is 10.0 Å². The maximum absolute atomic E-state index is 12.1. The third-order valence-electron chi connectivity index (χ3n) is 3.24. The number of hydrogen-bond donors (Lipinski definition) is 2. The zero-order valence-corrected chi connectivity index (χ0v) is 10.5. The van der Waals surface area contributed by atoms with Crippen LogP contribution in [-0.4, -0.2) is 42.3 Å². The fourth-order valence-electron chi connectivity index (χ4n) is 2.20. The Labute approximate surface area is 101 Å². The molecule has 0 aromatic carbocycles. The summed E-state index contributed by atoms with van der Waals surface area (Å²) in [7, 11) is -3.37. The van der Waals surface area contributed by atoms with Crippen molar-refractivity contribution in [3.8, 4) is 0 Å². The van der Waals surface area contributed by atoms with Gasteiger partial charge in [-0.1, -0.05) is 0 Å². The van der Waals surface area contributed by atoms with E-state index in [2.05, 4.69) is 9.97 Å². The van der Waals surface area contributed by atoms with Gasteiger partial charge in [0.1, 0.15) is 0 Å². The number of hydrogen-bond acceptors (Lipinski definition) is 4. The topological polar surface area (TPSA) is 92.1 Å². The van der Waals surface area contributed by atoms with E-state index >= 15 is 0 Å². The van der Waals surface area contributed by atoms with E-state index in [-0.39, 0.29) is 5.03 Å². The van der Waals surface area contributed by atoms with Gasteiger partial charge < -0.3 is 10.7 Å². The van der Waals surface area contributed by atoms with Crippen LogP contribution in [0, 0.1) is 5.92 Å². The molecule has 3 N–H and O–H groups in total.